The first-order valence-electron chi connectivity index (χ1n) is 8.07. The van der Waals surface area contributed by atoms with Gasteiger partial charge in [0.1, 0.15) is 0 Å². The second-order valence-electron chi connectivity index (χ2n) is 6.17. The predicted octanol–water partition coefficient (Wildman–Crippen LogP) is 1.35. The number of piperidine rings is 1. The molecule has 0 aromatic heterocycles. The zero-order valence-corrected chi connectivity index (χ0v) is 12.1. The van der Waals surface area contributed by atoms with Gasteiger partial charge >= 0.3 is 0 Å². The first-order chi connectivity index (χ1) is 9.42. The van der Waals surface area contributed by atoms with Crippen LogP contribution < -0.4 is 0 Å². The largest absolute Gasteiger partial charge is 0.376 e. The van der Waals surface area contributed by atoms with Gasteiger partial charge in [0.05, 0.1) is 25.9 Å². The molecule has 4 nitrogen and oxygen atoms in total. The van der Waals surface area contributed by atoms with Gasteiger partial charge in [-0.1, -0.05) is 0 Å². The molecular weight excluding hydrogens is 240 g/mol. The maximum absolute atomic E-state index is 5.71. The van der Waals surface area contributed by atoms with Crippen LogP contribution in [-0.2, 0) is 9.47 Å². The average molecular weight is 268 g/mol. The molecule has 3 rings (SSSR count). The van der Waals surface area contributed by atoms with Crippen LogP contribution >= 0.6 is 0 Å². The van der Waals surface area contributed by atoms with Crippen LogP contribution in [0.1, 0.15) is 32.1 Å². The van der Waals surface area contributed by atoms with Gasteiger partial charge < -0.3 is 19.3 Å². The molecule has 1 atom stereocenters. The quantitative estimate of drug-likeness (QED) is 0.768. The number of ether oxygens (including phenoxy) is 2. The predicted molar refractivity (Wildman–Crippen MR) is 75.4 cm³/mol. The molecule has 3 fully saturated rings. The molecule has 0 aromatic rings. The molecule has 4 heteroatoms. The van der Waals surface area contributed by atoms with Crippen molar-refractivity contribution in [1.82, 2.24) is 9.80 Å². The summed E-state index contributed by atoms with van der Waals surface area (Å²) in [5.41, 5.74) is 0. The average Bonchev–Trinajstić information content (AvgIpc) is 3.01. The molecule has 0 amide bonds. The van der Waals surface area contributed by atoms with Crippen LogP contribution in [0.15, 0.2) is 0 Å². The maximum Gasteiger partial charge on any atom is 0.0821 e. The van der Waals surface area contributed by atoms with Gasteiger partial charge in [-0.15, -0.1) is 0 Å². The fourth-order valence-electron chi connectivity index (χ4n) is 3.64. The molecule has 3 aliphatic heterocycles. The smallest absolute Gasteiger partial charge is 0.0821 e. The van der Waals surface area contributed by atoms with Crippen molar-refractivity contribution in [3.63, 3.8) is 0 Å². The molecular formula is C15H28N2O2. The molecule has 19 heavy (non-hydrogen) atoms. The van der Waals surface area contributed by atoms with Gasteiger partial charge in [0.25, 0.3) is 0 Å². The van der Waals surface area contributed by atoms with E-state index in [0.29, 0.717) is 6.10 Å². The van der Waals surface area contributed by atoms with E-state index in [9.17, 15) is 0 Å². The summed E-state index contributed by atoms with van der Waals surface area (Å²) in [5.74, 6) is 0. The monoisotopic (exact) mass is 268 g/mol. The minimum atomic E-state index is 0.338. The first-order valence-corrected chi connectivity index (χ1v) is 8.07. The van der Waals surface area contributed by atoms with E-state index in [1.54, 1.807) is 0 Å². The number of likely N-dealkylation sites (tertiary alicyclic amines) is 2. The third-order valence-corrected chi connectivity index (χ3v) is 4.87. The summed E-state index contributed by atoms with van der Waals surface area (Å²) in [7, 11) is 0. The minimum absolute atomic E-state index is 0.338. The Morgan fingerprint density at radius 1 is 0.947 bits per heavy atom. The molecule has 0 spiro atoms. The molecule has 0 aliphatic carbocycles. The van der Waals surface area contributed by atoms with Crippen molar-refractivity contribution in [1.29, 1.82) is 0 Å². The summed E-state index contributed by atoms with van der Waals surface area (Å²) in [6.07, 6.45) is 7.03. The fraction of sp³-hybridized carbons (Fsp3) is 1.00. The van der Waals surface area contributed by atoms with Gasteiger partial charge in [0.2, 0.25) is 0 Å². The second-order valence-corrected chi connectivity index (χ2v) is 6.17. The molecule has 110 valence electrons. The Hall–Kier alpha value is -0.160. The fourth-order valence-corrected chi connectivity index (χ4v) is 3.64. The van der Waals surface area contributed by atoms with E-state index in [4.69, 9.17) is 9.47 Å². The lowest BCUT2D eigenvalue weighted by molar-refractivity contribution is -0.0932. The van der Waals surface area contributed by atoms with Crippen LogP contribution in [-0.4, -0.2) is 74.5 Å². The summed E-state index contributed by atoms with van der Waals surface area (Å²) in [5, 5.41) is 0. The Labute approximate surface area is 117 Å². The van der Waals surface area contributed by atoms with Gasteiger partial charge in [0, 0.05) is 12.6 Å². The van der Waals surface area contributed by atoms with Gasteiger partial charge in [-0.25, -0.2) is 0 Å². The number of hydrogen-bond donors (Lipinski definition) is 0. The Bertz CT molecular complexity index is 255. The highest BCUT2D eigenvalue weighted by atomic mass is 16.6. The van der Waals surface area contributed by atoms with Crippen molar-refractivity contribution < 1.29 is 9.47 Å². The first kappa shape index (κ1) is 13.8. The molecule has 0 bridgehead atoms. The van der Waals surface area contributed by atoms with Gasteiger partial charge in [-0.05, 0) is 58.3 Å². The maximum atomic E-state index is 5.71. The van der Waals surface area contributed by atoms with E-state index < -0.39 is 0 Å². The lowest BCUT2D eigenvalue weighted by Crippen LogP contribution is -2.44. The van der Waals surface area contributed by atoms with Crippen molar-refractivity contribution >= 4 is 0 Å². The van der Waals surface area contributed by atoms with Crippen molar-refractivity contribution in [3.8, 4) is 0 Å². The lowest BCUT2D eigenvalue weighted by Gasteiger charge is -2.37. The highest BCUT2D eigenvalue weighted by Crippen LogP contribution is 2.21. The summed E-state index contributed by atoms with van der Waals surface area (Å²) < 4.78 is 11.2. The van der Waals surface area contributed by atoms with E-state index in [1.807, 2.05) is 0 Å². The van der Waals surface area contributed by atoms with Crippen LogP contribution in [0.25, 0.3) is 0 Å². The molecule has 3 aliphatic rings. The highest BCUT2D eigenvalue weighted by molar-refractivity contribution is 4.82. The van der Waals surface area contributed by atoms with E-state index in [0.717, 1.165) is 32.3 Å². The van der Waals surface area contributed by atoms with Crippen molar-refractivity contribution in [2.45, 2.75) is 44.2 Å². The van der Waals surface area contributed by atoms with Crippen LogP contribution in [0.4, 0.5) is 0 Å². The molecule has 0 saturated carbocycles. The molecule has 3 heterocycles. The SMILES string of the molecule is C1CCN(C2CCN(CCC3COCCO3)CC2)C1. The third-order valence-electron chi connectivity index (χ3n) is 4.87. The third kappa shape index (κ3) is 3.91. The van der Waals surface area contributed by atoms with E-state index in [-0.39, 0.29) is 0 Å². The molecule has 0 aromatic carbocycles. The second kappa shape index (κ2) is 7.02. The number of rotatable bonds is 4. The van der Waals surface area contributed by atoms with E-state index in [1.165, 1.54) is 58.4 Å². The zero-order valence-electron chi connectivity index (χ0n) is 12.1. The Morgan fingerprint density at radius 3 is 2.42 bits per heavy atom. The van der Waals surface area contributed by atoms with Gasteiger partial charge in [-0.3, -0.25) is 0 Å². The van der Waals surface area contributed by atoms with Crippen molar-refractivity contribution in [2.75, 3.05) is 52.5 Å². The molecule has 1 unspecified atom stereocenters. The van der Waals surface area contributed by atoms with E-state index in [2.05, 4.69) is 9.80 Å². The Morgan fingerprint density at radius 2 is 1.74 bits per heavy atom. The molecule has 0 radical (unpaired) electrons. The van der Waals surface area contributed by atoms with Crippen molar-refractivity contribution in [2.24, 2.45) is 0 Å². The number of nitrogens with zero attached hydrogens (tertiary/aromatic N) is 2. The zero-order chi connectivity index (χ0) is 12.9. The van der Waals surface area contributed by atoms with E-state index >= 15 is 0 Å². The van der Waals surface area contributed by atoms with Crippen molar-refractivity contribution in [3.05, 3.63) is 0 Å². The molecule has 0 N–H and O–H groups in total. The Balaban J connectivity index is 1.33. The standard InChI is InChI=1S/C15H28N2O2/c1-2-7-17(6-1)14-3-8-16(9-4-14)10-5-15-13-18-11-12-19-15/h14-15H,1-13H2. The van der Waals surface area contributed by atoms with Gasteiger partial charge in [-0.2, -0.15) is 0 Å². The highest BCUT2D eigenvalue weighted by Gasteiger charge is 2.26. The molecule has 3 saturated heterocycles. The van der Waals surface area contributed by atoms with Crippen LogP contribution in [0.5, 0.6) is 0 Å². The van der Waals surface area contributed by atoms with Crippen LogP contribution in [0.2, 0.25) is 0 Å². The summed E-state index contributed by atoms with van der Waals surface area (Å²) in [6.45, 7) is 8.77. The lowest BCUT2D eigenvalue weighted by atomic mass is 10.0. The summed E-state index contributed by atoms with van der Waals surface area (Å²) in [6, 6.07) is 0.869. The summed E-state index contributed by atoms with van der Waals surface area (Å²) >= 11 is 0. The van der Waals surface area contributed by atoms with Crippen LogP contribution in [0, 0.1) is 0 Å². The minimum Gasteiger partial charge on any atom is -0.376 e. The van der Waals surface area contributed by atoms with Crippen LogP contribution in [0.3, 0.4) is 0 Å². The number of hydrogen-bond acceptors (Lipinski definition) is 4. The summed E-state index contributed by atoms with van der Waals surface area (Å²) in [4.78, 5) is 5.33. The normalized spacial score (nSPS) is 31.9. The Kier molecular flexibility index (Phi) is 5.10. The topological polar surface area (TPSA) is 24.9 Å². The van der Waals surface area contributed by atoms with Gasteiger partial charge in [0.15, 0.2) is 0 Å².